The summed E-state index contributed by atoms with van der Waals surface area (Å²) in [6.45, 7) is 17.7. The van der Waals surface area contributed by atoms with Crippen LogP contribution in [0.25, 0.3) is 32.7 Å². The fourth-order valence-electron chi connectivity index (χ4n) is 10.6. The van der Waals surface area contributed by atoms with Crippen LogP contribution in [0.5, 0.6) is 11.5 Å². The van der Waals surface area contributed by atoms with Crippen LogP contribution in [0.3, 0.4) is 0 Å². The Morgan fingerprint density at radius 1 is 0.427 bits per heavy atom. The molecule has 33 heteroatoms. The molecule has 3 aromatic heterocycles. The molecular weight excluding hydrogens is 1500 g/mol. The van der Waals surface area contributed by atoms with Crippen LogP contribution in [0.2, 0.25) is 0 Å². The Kier molecular flexibility index (Phi) is 29.0. The van der Waals surface area contributed by atoms with E-state index in [1.165, 1.54) is 43.3 Å². The number of amides is 5. The van der Waals surface area contributed by atoms with E-state index in [9.17, 15) is 47.3 Å². The Morgan fingerprint density at radius 3 is 1.13 bits per heavy atom. The highest BCUT2D eigenvalue weighted by Gasteiger charge is 2.31. The molecule has 0 saturated carbocycles. The number of fused-ring (bicyclic) bond motifs is 3. The summed E-state index contributed by atoms with van der Waals surface area (Å²) in [5.41, 5.74) is 38.4. The van der Waals surface area contributed by atoms with Gasteiger partial charge in [-0.2, -0.15) is 20.4 Å². The minimum atomic E-state index is -4.78. The summed E-state index contributed by atoms with van der Waals surface area (Å²) in [5.74, 6) is 0.721. The van der Waals surface area contributed by atoms with Crippen molar-refractivity contribution in [2.75, 3.05) is 26.6 Å². The Labute approximate surface area is 668 Å². The van der Waals surface area contributed by atoms with E-state index in [0.29, 0.717) is 103 Å². The number of hydrogen-bond acceptors (Lipinski definition) is 18. The maximum Gasteiger partial charge on any atom is 0.573 e. The number of nitrogens with two attached hydrogens (primary N) is 4. The maximum absolute atomic E-state index is 12.7. The number of amidine groups is 3. The smallest absolute Gasteiger partial charge is 0.489 e. The van der Waals surface area contributed by atoms with E-state index in [1.54, 1.807) is 113 Å². The van der Waals surface area contributed by atoms with Crippen LogP contribution in [0.15, 0.2) is 273 Å². The van der Waals surface area contributed by atoms with Crippen molar-refractivity contribution >= 4 is 137 Å². The van der Waals surface area contributed by atoms with Gasteiger partial charge >= 0.3 is 12.4 Å². The van der Waals surface area contributed by atoms with E-state index in [4.69, 9.17) is 27.7 Å². The lowest BCUT2D eigenvalue weighted by atomic mass is 10.1. The van der Waals surface area contributed by atoms with Gasteiger partial charge in [-0.3, -0.25) is 34.7 Å². The minimum absolute atomic E-state index is 0.0211. The number of benzene rings is 9. The second kappa shape index (κ2) is 39.9. The minimum Gasteiger partial charge on any atom is -0.489 e. The van der Waals surface area contributed by atoms with Gasteiger partial charge in [-0.25, -0.2) is 4.79 Å². The summed E-state index contributed by atoms with van der Waals surface area (Å²) in [6, 6.07) is 63.7. The van der Waals surface area contributed by atoms with Crippen molar-refractivity contribution in [1.29, 1.82) is 0 Å². The number of anilines is 5. The molecule has 0 bridgehead atoms. The molecular formula is C84H82F3N21O9. The van der Waals surface area contributed by atoms with E-state index in [-0.39, 0.29) is 46.6 Å². The van der Waals surface area contributed by atoms with Gasteiger partial charge in [0.15, 0.2) is 5.78 Å². The number of aromatic amines is 3. The number of alkyl halides is 3. The number of carbonyl (C=O) groups is 5. The number of non-ortho nitro benzene ring substituents is 1. The summed E-state index contributed by atoms with van der Waals surface area (Å²) in [4.78, 5) is 80.4. The summed E-state index contributed by atoms with van der Waals surface area (Å²) < 4.78 is 46.9. The van der Waals surface area contributed by atoms with Crippen LogP contribution in [0.1, 0.15) is 125 Å². The number of nitro benzene ring substituents is 1. The summed E-state index contributed by atoms with van der Waals surface area (Å²) in [5, 5.41) is 54.2. The molecule has 9 aromatic carbocycles. The standard InChI is InChI=1S/C26H25N5O2.C20H18F3N5O2.C19H18N6O3.C19H21N5O2/c1-17(30-31-18(2)27)20-8-10-22(11-9-20)28-26(32)25-15-21-14-23(12-13-24(21)29-25)33-16-19-6-4-3-5-7-19;1-11(27-28-12(2)24)13-3-5-15(6-4-13)25-19(29)18-10-14-9-16(30-20(21,22)23)7-8-17(14)26-18;1-11(23-24-12(2)20)13-3-5-15(6-4-13)21-19(26)18-10-14-9-16(25(27)28)7-8-17(14)22-18;1-12(23-24-14(3)20)15-4-8-17(9-5-15)21-19(26)22-18-10-6-16(7-11-18)13(2)25/h3-15,29,31H,2,16,27H2,1H3,(H,28,32);3-10,26H,1-2H3,(H2,24,28)(H,25,29);3-10,22H,1-2H3,(H2,20,24)(H,21,26);4-11H,1-3H3,(H2,20,24)(H2,21,22,26)/b30-17-;27-11-;23-11-;23-12+. The van der Waals surface area contributed by atoms with Crippen LogP contribution < -0.4 is 64.4 Å². The van der Waals surface area contributed by atoms with E-state index < -0.39 is 17.2 Å². The number of nitro groups is 1. The van der Waals surface area contributed by atoms with Crippen molar-refractivity contribution in [3.8, 4) is 11.5 Å². The SMILES string of the molecule is C=C(N)N/N=C(/C)c1ccc(NC(=O)c2cc3cc(OCc4ccccc4)ccc3[nH]2)cc1.CC(=O)c1ccc(NC(=O)Nc2ccc(/C(C)=N/N=C(C)N)cc2)cc1.CC(N)=N/N=C(/C)c1ccc(NC(=O)c2cc3cc(OC(F)(F)F)ccc3[nH]2)cc1.CC(N)=N/N=C(/C)c1ccc(NC(=O)c2cc3cc([N+](=O)[O-])ccc3[nH]2)cc1. The third-order valence-electron chi connectivity index (χ3n) is 16.4. The molecule has 0 radical (unpaired) electrons. The van der Waals surface area contributed by atoms with Crippen molar-refractivity contribution < 1.29 is 51.5 Å². The number of hydrazone groups is 1. The van der Waals surface area contributed by atoms with Gasteiger partial charge in [0.25, 0.3) is 23.4 Å². The van der Waals surface area contributed by atoms with Crippen molar-refractivity contribution in [3.05, 3.63) is 297 Å². The van der Waals surface area contributed by atoms with Gasteiger partial charge in [0, 0.05) is 78.8 Å². The van der Waals surface area contributed by atoms with E-state index >= 15 is 0 Å². The Morgan fingerprint density at radius 2 is 0.769 bits per heavy atom. The average molecular weight is 1590 g/mol. The van der Waals surface area contributed by atoms with Crippen LogP contribution in [0, 0.1) is 10.1 Å². The van der Waals surface area contributed by atoms with Gasteiger partial charge < -0.3 is 73.9 Å². The maximum atomic E-state index is 12.7. The summed E-state index contributed by atoms with van der Waals surface area (Å²) >= 11 is 0. The van der Waals surface area contributed by atoms with E-state index in [2.05, 4.69) is 94.0 Å². The van der Waals surface area contributed by atoms with E-state index in [0.717, 1.165) is 55.9 Å². The fraction of sp³-hybridized carbons (Fsp3) is 0.119. The molecule has 17 N–H and O–H groups in total. The van der Waals surface area contributed by atoms with Gasteiger partial charge in [0.05, 0.1) is 27.8 Å². The van der Waals surface area contributed by atoms with Crippen molar-refractivity contribution in [3.63, 3.8) is 0 Å². The van der Waals surface area contributed by atoms with Crippen molar-refractivity contribution in [2.45, 2.75) is 68.4 Å². The Balaban J connectivity index is 0.000000179. The second-order valence-electron chi connectivity index (χ2n) is 25.9. The summed E-state index contributed by atoms with van der Waals surface area (Å²) in [7, 11) is 0. The number of hydrogen-bond donors (Lipinski definition) is 13. The Hall–Kier alpha value is -15.8. The van der Waals surface area contributed by atoms with Crippen molar-refractivity contribution in [1.82, 2.24) is 20.4 Å². The lowest BCUT2D eigenvalue weighted by Crippen LogP contribution is -2.19. The summed E-state index contributed by atoms with van der Waals surface area (Å²) in [6.07, 6.45) is -4.78. The molecule has 5 amide bonds. The number of ketones is 1. The number of nitrogens with one attached hydrogen (secondary N) is 9. The van der Waals surface area contributed by atoms with Gasteiger partial charge in [0.2, 0.25) is 0 Å². The Bertz CT molecular complexity index is 5820. The predicted molar refractivity (Wildman–Crippen MR) is 455 cm³/mol. The number of nitrogens with zero attached hydrogens (tertiary/aromatic N) is 8. The fourth-order valence-corrected chi connectivity index (χ4v) is 10.6. The third kappa shape index (κ3) is 26.4. The first-order valence-corrected chi connectivity index (χ1v) is 35.5. The quantitative estimate of drug-likeness (QED) is 0.00931. The number of aromatic nitrogens is 3. The number of halogens is 3. The molecule has 0 fully saturated rings. The van der Waals surface area contributed by atoms with Crippen molar-refractivity contribution in [2.24, 2.45) is 58.6 Å². The lowest BCUT2D eigenvalue weighted by Gasteiger charge is -2.08. The molecule has 0 unspecified atom stereocenters. The van der Waals surface area contributed by atoms with Gasteiger partial charge in [0.1, 0.15) is 58.5 Å². The number of rotatable bonds is 23. The number of carbonyl (C=O) groups excluding carboxylic acids is 5. The van der Waals surface area contributed by atoms with Crippen LogP contribution >= 0.6 is 0 Å². The normalized spacial score (nSPS) is 12.0. The first kappa shape index (κ1) is 85.2. The van der Waals surface area contributed by atoms with Crippen LogP contribution in [-0.4, -0.2) is 96.1 Å². The van der Waals surface area contributed by atoms with E-state index in [1.807, 2.05) is 124 Å². The monoisotopic (exact) mass is 1590 g/mol. The second-order valence-corrected chi connectivity index (χ2v) is 25.9. The molecule has 117 heavy (non-hydrogen) atoms. The zero-order chi connectivity index (χ0) is 84.5. The lowest BCUT2D eigenvalue weighted by molar-refractivity contribution is -0.384. The molecule has 12 aromatic rings. The number of H-pyrrole nitrogens is 3. The molecule has 0 aliphatic heterocycles. The molecule has 598 valence electrons. The highest BCUT2D eigenvalue weighted by atomic mass is 19.4. The number of Topliss-reactive ketones (excluding diaryl/α,β-unsaturated/α-hetero) is 1. The largest absolute Gasteiger partial charge is 0.573 e. The van der Waals surface area contributed by atoms with Crippen LogP contribution in [0.4, 0.5) is 52.1 Å². The predicted octanol–water partition coefficient (Wildman–Crippen LogP) is 16.2. The molecule has 30 nitrogen and oxygen atoms in total. The highest BCUT2D eigenvalue weighted by Crippen LogP contribution is 2.29. The molecule has 0 spiro atoms. The molecule has 0 aliphatic rings. The average Bonchev–Trinajstić information content (AvgIpc) is 1.67. The van der Waals surface area contributed by atoms with Gasteiger partial charge in [-0.15, -0.1) is 28.5 Å². The zero-order valence-electron chi connectivity index (χ0n) is 64.5. The number of urea groups is 1. The topological polar surface area (TPSA) is 457 Å². The number of ether oxygens (including phenoxy) is 2. The first-order chi connectivity index (χ1) is 55.8. The molecule has 0 saturated heterocycles. The third-order valence-corrected chi connectivity index (χ3v) is 16.4. The molecule has 0 atom stereocenters. The van der Waals surface area contributed by atoms with Gasteiger partial charge in [-0.05, 0) is 217 Å². The van der Waals surface area contributed by atoms with Gasteiger partial charge in [-0.1, -0.05) is 85.4 Å². The highest BCUT2D eigenvalue weighted by molar-refractivity contribution is 6.10. The molecule has 12 rings (SSSR count). The first-order valence-electron chi connectivity index (χ1n) is 35.5. The van der Waals surface area contributed by atoms with Crippen LogP contribution in [-0.2, 0) is 6.61 Å². The molecule has 0 aliphatic carbocycles. The molecule has 3 heterocycles. The zero-order valence-corrected chi connectivity index (χ0v) is 64.5.